The fourth-order valence-electron chi connectivity index (χ4n) is 3.84. The zero-order chi connectivity index (χ0) is 20.4. The number of rotatable bonds is 5. The van der Waals surface area contributed by atoms with Crippen molar-refractivity contribution in [2.24, 2.45) is 0 Å². The normalized spacial score (nSPS) is 16.1. The van der Waals surface area contributed by atoms with E-state index >= 15 is 0 Å². The van der Waals surface area contributed by atoms with Crippen LogP contribution in [0.25, 0.3) is 10.9 Å². The van der Waals surface area contributed by atoms with Gasteiger partial charge in [-0.3, -0.25) is 4.79 Å². The van der Waals surface area contributed by atoms with Crippen molar-refractivity contribution in [1.82, 2.24) is 9.97 Å². The van der Waals surface area contributed by atoms with Crippen LogP contribution in [-0.2, 0) is 4.79 Å². The first-order valence-electron chi connectivity index (χ1n) is 9.62. The molecule has 0 aliphatic carbocycles. The van der Waals surface area contributed by atoms with E-state index in [9.17, 15) is 4.79 Å². The summed E-state index contributed by atoms with van der Waals surface area (Å²) in [5.74, 6) is 1.97. The monoisotopic (exact) mass is 392 g/mol. The minimum atomic E-state index is -0.291. The summed E-state index contributed by atoms with van der Waals surface area (Å²) >= 11 is 0. The molecule has 1 amide bonds. The van der Waals surface area contributed by atoms with E-state index in [1.807, 2.05) is 37.3 Å². The molecule has 2 aromatic carbocycles. The average Bonchev–Trinajstić information content (AvgIpc) is 3.24. The second kappa shape index (κ2) is 7.95. The van der Waals surface area contributed by atoms with Crippen LogP contribution in [0.4, 0.5) is 11.5 Å². The van der Waals surface area contributed by atoms with Gasteiger partial charge in [0.05, 0.1) is 19.7 Å². The number of benzene rings is 2. The van der Waals surface area contributed by atoms with Gasteiger partial charge in [0.25, 0.3) is 0 Å². The summed E-state index contributed by atoms with van der Waals surface area (Å²) in [5, 5.41) is 4.02. The molecule has 1 N–H and O–H groups in total. The van der Waals surface area contributed by atoms with E-state index in [2.05, 4.69) is 20.2 Å². The van der Waals surface area contributed by atoms with Crippen LogP contribution in [0.15, 0.2) is 42.7 Å². The van der Waals surface area contributed by atoms with E-state index in [-0.39, 0.29) is 11.9 Å². The number of para-hydroxylation sites is 1. The second-order valence-corrected chi connectivity index (χ2v) is 7.08. The van der Waals surface area contributed by atoms with Gasteiger partial charge in [0, 0.05) is 23.7 Å². The molecule has 0 bridgehead atoms. The standard InChI is InChI=1S/C22H24N4O3/c1-14-11-19(28-2)20(29-3)12-17(14)25-22(27)18-9-6-10-26(18)21-15-7-4-5-8-16(15)23-13-24-21/h4-5,7-8,11-13,18H,6,9-10H2,1-3H3,(H,25,27)/t18-/m1/s1. The highest BCUT2D eigenvalue weighted by Crippen LogP contribution is 2.34. The number of anilines is 2. The van der Waals surface area contributed by atoms with Gasteiger partial charge in [-0.1, -0.05) is 12.1 Å². The van der Waals surface area contributed by atoms with Crippen molar-refractivity contribution in [1.29, 1.82) is 0 Å². The van der Waals surface area contributed by atoms with E-state index in [0.717, 1.165) is 41.7 Å². The smallest absolute Gasteiger partial charge is 0.247 e. The molecule has 3 aromatic rings. The molecule has 1 aliphatic heterocycles. The molecule has 1 atom stereocenters. The van der Waals surface area contributed by atoms with Crippen molar-refractivity contribution in [2.75, 3.05) is 31.0 Å². The summed E-state index contributed by atoms with van der Waals surface area (Å²) in [6.45, 7) is 2.71. The van der Waals surface area contributed by atoms with E-state index in [1.165, 1.54) is 0 Å². The molecule has 150 valence electrons. The van der Waals surface area contributed by atoms with Crippen LogP contribution in [-0.4, -0.2) is 42.7 Å². The van der Waals surface area contributed by atoms with E-state index < -0.39 is 0 Å². The first-order valence-corrected chi connectivity index (χ1v) is 9.62. The summed E-state index contributed by atoms with van der Waals surface area (Å²) in [7, 11) is 3.18. The Kier molecular flexibility index (Phi) is 5.20. The highest BCUT2D eigenvalue weighted by molar-refractivity contribution is 6.00. The highest BCUT2D eigenvalue weighted by atomic mass is 16.5. The largest absolute Gasteiger partial charge is 0.493 e. The van der Waals surface area contributed by atoms with Gasteiger partial charge in [0.15, 0.2) is 11.5 Å². The molecule has 0 spiro atoms. The van der Waals surface area contributed by atoms with Gasteiger partial charge in [-0.25, -0.2) is 9.97 Å². The van der Waals surface area contributed by atoms with Crippen molar-refractivity contribution < 1.29 is 14.3 Å². The number of ether oxygens (including phenoxy) is 2. The van der Waals surface area contributed by atoms with Crippen LogP contribution in [0.5, 0.6) is 11.5 Å². The predicted octanol–water partition coefficient (Wildman–Crippen LogP) is 3.56. The summed E-state index contributed by atoms with van der Waals surface area (Å²) in [6.07, 6.45) is 3.27. The van der Waals surface area contributed by atoms with Crippen LogP contribution in [0.3, 0.4) is 0 Å². The average molecular weight is 392 g/mol. The van der Waals surface area contributed by atoms with Gasteiger partial charge in [0.1, 0.15) is 18.2 Å². The molecular weight excluding hydrogens is 368 g/mol. The van der Waals surface area contributed by atoms with Crippen LogP contribution in [0, 0.1) is 6.92 Å². The Morgan fingerprint density at radius 2 is 1.90 bits per heavy atom. The minimum absolute atomic E-state index is 0.0551. The number of hydrogen-bond acceptors (Lipinski definition) is 6. The number of carbonyl (C=O) groups is 1. The minimum Gasteiger partial charge on any atom is -0.493 e. The van der Waals surface area contributed by atoms with Crippen molar-refractivity contribution in [3.8, 4) is 11.5 Å². The first kappa shape index (κ1) is 19.0. The topological polar surface area (TPSA) is 76.6 Å². The Balaban J connectivity index is 1.62. The molecule has 29 heavy (non-hydrogen) atoms. The second-order valence-electron chi connectivity index (χ2n) is 7.08. The molecular formula is C22H24N4O3. The molecule has 7 heteroatoms. The lowest BCUT2D eigenvalue weighted by atomic mass is 10.1. The predicted molar refractivity (Wildman–Crippen MR) is 113 cm³/mol. The Hall–Kier alpha value is -3.35. The summed E-state index contributed by atoms with van der Waals surface area (Å²) in [5.41, 5.74) is 2.50. The fourth-order valence-corrected chi connectivity index (χ4v) is 3.84. The maximum Gasteiger partial charge on any atom is 0.247 e. The molecule has 1 fully saturated rings. The van der Waals surface area contributed by atoms with E-state index in [4.69, 9.17) is 9.47 Å². The van der Waals surface area contributed by atoms with Crippen molar-refractivity contribution >= 4 is 28.3 Å². The SMILES string of the molecule is COc1cc(C)c(NC(=O)[C@H]2CCCN2c2ncnc3ccccc23)cc1OC. The lowest BCUT2D eigenvalue weighted by Gasteiger charge is -2.26. The fraction of sp³-hybridized carbons (Fsp3) is 0.318. The number of amides is 1. The van der Waals surface area contributed by atoms with E-state index in [1.54, 1.807) is 26.6 Å². The number of nitrogens with zero attached hydrogens (tertiary/aromatic N) is 3. The zero-order valence-corrected chi connectivity index (χ0v) is 16.8. The van der Waals surface area contributed by atoms with Crippen LogP contribution < -0.4 is 19.7 Å². The maximum atomic E-state index is 13.2. The van der Waals surface area contributed by atoms with E-state index in [0.29, 0.717) is 17.2 Å². The molecule has 1 aromatic heterocycles. The number of fused-ring (bicyclic) bond motifs is 1. The number of aryl methyl sites for hydroxylation is 1. The van der Waals surface area contributed by atoms with Crippen molar-refractivity contribution in [3.05, 3.63) is 48.3 Å². The highest BCUT2D eigenvalue weighted by Gasteiger charge is 2.33. The van der Waals surface area contributed by atoms with Gasteiger partial charge in [-0.05, 0) is 43.5 Å². The molecule has 1 aliphatic rings. The third kappa shape index (κ3) is 3.55. The molecule has 2 heterocycles. The Morgan fingerprint density at radius 1 is 1.14 bits per heavy atom. The van der Waals surface area contributed by atoms with Gasteiger partial charge in [0.2, 0.25) is 5.91 Å². The molecule has 7 nitrogen and oxygen atoms in total. The zero-order valence-electron chi connectivity index (χ0n) is 16.8. The van der Waals surface area contributed by atoms with Gasteiger partial charge in [-0.2, -0.15) is 0 Å². The number of hydrogen-bond donors (Lipinski definition) is 1. The number of methoxy groups -OCH3 is 2. The molecule has 1 saturated heterocycles. The van der Waals surface area contributed by atoms with Gasteiger partial charge >= 0.3 is 0 Å². The Morgan fingerprint density at radius 3 is 2.69 bits per heavy atom. The molecule has 4 rings (SSSR count). The molecule has 0 radical (unpaired) electrons. The summed E-state index contributed by atoms with van der Waals surface area (Å²) in [4.78, 5) is 24.1. The van der Waals surface area contributed by atoms with Gasteiger partial charge in [-0.15, -0.1) is 0 Å². The molecule has 0 saturated carbocycles. The summed E-state index contributed by atoms with van der Waals surface area (Å²) < 4.78 is 10.7. The van der Waals surface area contributed by atoms with Crippen molar-refractivity contribution in [2.45, 2.75) is 25.8 Å². The van der Waals surface area contributed by atoms with Crippen LogP contribution in [0.1, 0.15) is 18.4 Å². The first-order chi connectivity index (χ1) is 14.1. The number of aromatic nitrogens is 2. The van der Waals surface area contributed by atoms with Crippen LogP contribution in [0.2, 0.25) is 0 Å². The quantitative estimate of drug-likeness (QED) is 0.715. The van der Waals surface area contributed by atoms with Crippen molar-refractivity contribution in [3.63, 3.8) is 0 Å². The molecule has 0 unspecified atom stereocenters. The van der Waals surface area contributed by atoms with Gasteiger partial charge < -0.3 is 19.7 Å². The lowest BCUT2D eigenvalue weighted by Crippen LogP contribution is -2.40. The number of nitrogens with one attached hydrogen (secondary N) is 1. The summed E-state index contributed by atoms with van der Waals surface area (Å²) in [6, 6.07) is 11.2. The third-order valence-corrected chi connectivity index (χ3v) is 5.34. The Bertz CT molecular complexity index is 1050. The Labute approximate surface area is 169 Å². The maximum absolute atomic E-state index is 13.2. The lowest BCUT2D eigenvalue weighted by molar-refractivity contribution is -0.117. The third-order valence-electron chi connectivity index (χ3n) is 5.34. The number of carbonyl (C=O) groups excluding carboxylic acids is 1. The van der Waals surface area contributed by atoms with Crippen LogP contribution >= 0.6 is 0 Å².